The van der Waals surface area contributed by atoms with Crippen LogP contribution in [0.15, 0.2) is 29.2 Å². The number of alkyl halides is 3. The van der Waals surface area contributed by atoms with Crippen LogP contribution >= 0.6 is 11.3 Å². The van der Waals surface area contributed by atoms with Crippen LogP contribution in [0.2, 0.25) is 0 Å². The lowest BCUT2D eigenvalue weighted by Crippen LogP contribution is -2.18. The molecule has 11 heteroatoms. The first-order valence-corrected chi connectivity index (χ1v) is 8.60. The minimum absolute atomic E-state index is 0.193. The van der Waals surface area contributed by atoms with Gasteiger partial charge in [-0.15, -0.1) is 5.10 Å². The SMILES string of the molecule is CCc1cc(=O)n2nc(NCCNc3ncccc3C(F)(F)F)sc2n1. The fourth-order valence-corrected chi connectivity index (χ4v) is 3.08. The van der Waals surface area contributed by atoms with Crippen molar-refractivity contribution in [3.8, 4) is 0 Å². The molecule has 0 aliphatic rings. The molecule has 0 fully saturated rings. The number of nitrogens with zero attached hydrogens (tertiary/aromatic N) is 4. The smallest absolute Gasteiger partial charge is 0.368 e. The van der Waals surface area contributed by atoms with E-state index >= 15 is 0 Å². The number of hydrogen-bond acceptors (Lipinski definition) is 7. The third kappa shape index (κ3) is 3.93. The zero-order valence-electron chi connectivity index (χ0n) is 13.7. The summed E-state index contributed by atoms with van der Waals surface area (Å²) in [6.07, 6.45) is -2.54. The van der Waals surface area contributed by atoms with Gasteiger partial charge >= 0.3 is 6.18 Å². The molecule has 3 rings (SSSR count). The second kappa shape index (κ2) is 7.28. The fourth-order valence-electron chi connectivity index (χ4n) is 2.23. The second-order valence-electron chi connectivity index (χ2n) is 5.29. The van der Waals surface area contributed by atoms with E-state index in [2.05, 4.69) is 25.7 Å². The van der Waals surface area contributed by atoms with Gasteiger partial charge in [-0.2, -0.15) is 17.7 Å². The van der Waals surface area contributed by atoms with Crippen molar-refractivity contribution in [2.45, 2.75) is 19.5 Å². The van der Waals surface area contributed by atoms with E-state index in [0.717, 1.165) is 6.07 Å². The van der Waals surface area contributed by atoms with E-state index < -0.39 is 11.7 Å². The van der Waals surface area contributed by atoms with Crippen molar-refractivity contribution >= 4 is 27.2 Å². The van der Waals surface area contributed by atoms with Crippen molar-refractivity contribution in [2.75, 3.05) is 23.7 Å². The predicted octanol–water partition coefficient (Wildman–Crippen LogP) is 2.65. The molecular weight excluding hydrogens is 369 g/mol. The predicted molar refractivity (Wildman–Crippen MR) is 92.7 cm³/mol. The summed E-state index contributed by atoms with van der Waals surface area (Å²) in [5, 5.41) is 10.2. The molecule has 0 unspecified atom stereocenters. The minimum Gasteiger partial charge on any atom is -0.368 e. The van der Waals surface area contributed by atoms with Gasteiger partial charge in [-0.3, -0.25) is 4.79 Å². The first kappa shape index (κ1) is 18.1. The highest BCUT2D eigenvalue weighted by atomic mass is 32.1. The summed E-state index contributed by atoms with van der Waals surface area (Å²) in [6.45, 7) is 2.39. The van der Waals surface area contributed by atoms with Crippen LogP contribution in [0.5, 0.6) is 0 Å². The second-order valence-corrected chi connectivity index (χ2v) is 6.25. The molecule has 0 radical (unpaired) electrons. The number of fused-ring (bicyclic) bond motifs is 1. The molecule has 0 spiro atoms. The zero-order chi connectivity index (χ0) is 18.7. The Kier molecular flexibility index (Phi) is 5.07. The van der Waals surface area contributed by atoms with E-state index in [0.29, 0.717) is 28.8 Å². The summed E-state index contributed by atoms with van der Waals surface area (Å²) >= 11 is 1.20. The van der Waals surface area contributed by atoms with Crippen LogP contribution < -0.4 is 16.2 Å². The molecule has 7 nitrogen and oxygen atoms in total. The maximum absolute atomic E-state index is 12.9. The molecule has 0 saturated heterocycles. The molecule has 3 aromatic rings. The molecular formula is C15H15F3N6OS. The maximum Gasteiger partial charge on any atom is 0.419 e. The van der Waals surface area contributed by atoms with Crippen LogP contribution in [0, 0.1) is 0 Å². The first-order chi connectivity index (χ1) is 12.4. The third-order valence-corrected chi connectivity index (χ3v) is 4.33. The topological polar surface area (TPSA) is 84.2 Å². The normalized spacial score (nSPS) is 11.7. The van der Waals surface area contributed by atoms with Gasteiger partial charge in [0.15, 0.2) is 0 Å². The van der Waals surface area contributed by atoms with Crippen molar-refractivity contribution in [3.05, 3.63) is 46.0 Å². The monoisotopic (exact) mass is 384 g/mol. The van der Waals surface area contributed by atoms with E-state index in [1.165, 1.54) is 34.2 Å². The molecule has 138 valence electrons. The van der Waals surface area contributed by atoms with Crippen molar-refractivity contribution < 1.29 is 13.2 Å². The maximum atomic E-state index is 12.9. The molecule has 0 bridgehead atoms. The lowest BCUT2D eigenvalue weighted by Gasteiger charge is -2.13. The Morgan fingerprint density at radius 3 is 2.77 bits per heavy atom. The summed E-state index contributed by atoms with van der Waals surface area (Å²) in [5.74, 6) is -0.225. The van der Waals surface area contributed by atoms with Gasteiger partial charge < -0.3 is 10.6 Å². The van der Waals surface area contributed by atoms with Gasteiger partial charge in [0.05, 0.1) is 5.56 Å². The van der Waals surface area contributed by atoms with Crippen molar-refractivity contribution in [1.29, 1.82) is 0 Å². The average molecular weight is 384 g/mol. The standard InChI is InChI=1S/C15H15F3N6OS/c1-2-9-8-11(25)24-14(22-9)26-13(23-24)21-7-6-20-12-10(15(16,17)18)4-3-5-19-12/h3-5,8H,2,6-7H2,1H3,(H,19,20)(H,21,23). The van der Waals surface area contributed by atoms with Gasteiger partial charge in [-0.1, -0.05) is 18.3 Å². The molecule has 0 amide bonds. The van der Waals surface area contributed by atoms with Crippen molar-refractivity contribution in [1.82, 2.24) is 19.6 Å². The number of aromatic nitrogens is 4. The molecule has 0 saturated carbocycles. The molecule has 0 atom stereocenters. The number of halogens is 3. The highest BCUT2D eigenvalue weighted by Gasteiger charge is 2.33. The largest absolute Gasteiger partial charge is 0.419 e. The lowest BCUT2D eigenvalue weighted by atomic mass is 10.2. The highest BCUT2D eigenvalue weighted by molar-refractivity contribution is 7.20. The van der Waals surface area contributed by atoms with Gasteiger partial charge in [0, 0.05) is 31.0 Å². The van der Waals surface area contributed by atoms with Gasteiger partial charge in [0.1, 0.15) is 5.82 Å². The number of pyridine rings is 1. The van der Waals surface area contributed by atoms with Gasteiger partial charge in [0.25, 0.3) is 5.56 Å². The Balaban J connectivity index is 1.64. The third-order valence-electron chi connectivity index (χ3n) is 3.47. The molecule has 0 aliphatic carbocycles. The van der Waals surface area contributed by atoms with E-state index in [1.54, 1.807) is 0 Å². The van der Waals surface area contributed by atoms with E-state index in [-0.39, 0.29) is 17.9 Å². The van der Waals surface area contributed by atoms with Gasteiger partial charge in [0.2, 0.25) is 10.1 Å². The van der Waals surface area contributed by atoms with Crippen LogP contribution in [0.4, 0.5) is 24.1 Å². The van der Waals surface area contributed by atoms with Crippen LogP contribution in [0.1, 0.15) is 18.2 Å². The zero-order valence-corrected chi connectivity index (χ0v) is 14.5. The van der Waals surface area contributed by atoms with Crippen molar-refractivity contribution in [3.63, 3.8) is 0 Å². The van der Waals surface area contributed by atoms with E-state index in [9.17, 15) is 18.0 Å². The van der Waals surface area contributed by atoms with Gasteiger partial charge in [-0.05, 0) is 18.6 Å². The highest BCUT2D eigenvalue weighted by Crippen LogP contribution is 2.33. The summed E-state index contributed by atoms with van der Waals surface area (Å²) < 4.78 is 39.9. The molecule has 3 heterocycles. The van der Waals surface area contributed by atoms with Crippen LogP contribution in [-0.2, 0) is 12.6 Å². The van der Waals surface area contributed by atoms with Crippen LogP contribution in [0.3, 0.4) is 0 Å². The number of hydrogen-bond donors (Lipinski definition) is 2. The summed E-state index contributed by atoms with van der Waals surface area (Å²) in [7, 11) is 0. The minimum atomic E-state index is -4.47. The first-order valence-electron chi connectivity index (χ1n) is 7.78. The molecule has 3 aromatic heterocycles. The van der Waals surface area contributed by atoms with Gasteiger partial charge in [-0.25, -0.2) is 9.97 Å². The van der Waals surface area contributed by atoms with E-state index in [4.69, 9.17) is 0 Å². The number of aryl methyl sites for hydroxylation is 1. The Labute approximate surface area is 149 Å². The molecule has 2 N–H and O–H groups in total. The number of anilines is 2. The molecule has 0 aliphatic heterocycles. The van der Waals surface area contributed by atoms with E-state index in [1.807, 2.05) is 6.92 Å². The fraction of sp³-hybridized carbons (Fsp3) is 0.333. The summed E-state index contributed by atoms with van der Waals surface area (Å²) in [6, 6.07) is 3.64. The Bertz CT molecular complexity index is 968. The summed E-state index contributed by atoms with van der Waals surface area (Å²) in [4.78, 5) is 20.4. The molecule has 0 aromatic carbocycles. The Morgan fingerprint density at radius 1 is 1.27 bits per heavy atom. The van der Waals surface area contributed by atoms with Crippen molar-refractivity contribution in [2.24, 2.45) is 0 Å². The lowest BCUT2D eigenvalue weighted by molar-refractivity contribution is -0.137. The number of rotatable bonds is 6. The van der Waals surface area contributed by atoms with Crippen LogP contribution in [0.25, 0.3) is 4.96 Å². The quantitative estimate of drug-likeness (QED) is 0.636. The number of nitrogens with one attached hydrogen (secondary N) is 2. The molecule has 26 heavy (non-hydrogen) atoms. The Morgan fingerprint density at radius 2 is 2.04 bits per heavy atom. The average Bonchev–Trinajstić information content (AvgIpc) is 3.01. The van der Waals surface area contributed by atoms with Crippen LogP contribution in [-0.4, -0.2) is 32.7 Å². The summed E-state index contributed by atoms with van der Waals surface area (Å²) in [5.41, 5.74) is -0.401. The Hall–Kier alpha value is -2.69.